The SMILES string of the molecule is CCCC(N)CC(=O)N(C)CC1CCCCO1. The Balaban J connectivity index is 2.25. The van der Waals surface area contributed by atoms with Gasteiger partial charge in [0.2, 0.25) is 5.91 Å². The Morgan fingerprint density at radius 2 is 2.29 bits per heavy atom. The van der Waals surface area contributed by atoms with Crippen LogP contribution in [0.15, 0.2) is 0 Å². The molecule has 1 aliphatic rings. The summed E-state index contributed by atoms with van der Waals surface area (Å²) in [6.45, 7) is 3.63. The Kier molecular flexibility index (Phi) is 6.52. The number of likely N-dealkylation sites (N-methyl/N-ethyl adjacent to an activating group) is 1. The summed E-state index contributed by atoms with van der Waals surface area (Å²) in [4.78, 5) is 13.7. The number of hydrogen-bond donors (Lipinski definition) is 1. The average molecular weight is 242 g/mol. The van der Waals surface area contributed by atoms with Crippen molar-refractivity contribution >= 4 is 5.91 Å². The topological polar surface area (TPSA) is 55.6 Å². The lowest BCUT2D eigenvalue weighted by Crippen LogP contribution is -2.39. The molecule has 1 amide bonds. The molecule has 0 aromatic carbocycles. The van der Waals surface area contributed by atoms with E-state index in [1.54, 1.807) is 4.90 Å². The van der Waals surface area contributed by atoms with Gasteiger partial charge in [0.25, 0.3) is 0 Å². The summed E-state index contributed by atoms with van der Waals surface area (Å²) in [5.74, 6) is 0.139. The van der Waals surface area contributed by atoms with Gasteiger partial charge in [0.15, 0.2) is 0 Å². The highest BCUT2D eigenvalue weighted by molar-refractivity contribution is 5.76. The monoisotopic (exact) mass is 242 g/mol. The summed E-state index contributed by atoms with van der Waals surface area (Å²) < 4.78 is 5.63. The fraction of sp³-hybridized carbons (Fsp3) is 0.923. The van der Waals surface area contributed by atoms with Crippen molar-refractivity contribution in [1.82, 2.24) is 4.90 Å². The number of ether oxygens (including phenoxy) is 1. The molecule has 1 aliphatic heterocycles. The Labute approximate surface area is 104 Å². The van der Waals surface area contributed by atoms with E-state index in [0.29, 0.717) is 13.0 Å². The molecule has 0 aromatic heterocycles. The van der Waals surface area contributed by atoms with Crippen LogP contribution in [0.2, 0.25) is 0 Å². The van der Waals surface area contributed by atoms with Crippen LogP contribution in [0.4, 0.5) is 0 Å². The van der Waals surface area contributed by atoms with E-state index < -0.39 is 0 Å². The molecule has 4 nitrogen and oxygen atoms in total. The fourth-order valence-corrected chi connectivity index (χ4v) is 2.21. The molecule has 0 bridgehead atoms. The molecular formula is C13H26N2O2. The average Bonchev–Trinajstić information content (AvgIpc) is 2.30. The van der Waals surface area contributed by atoms with Gasteiger partial charge in [-0.25, -0.2) is 0 Å². The van der Waals surface area contributed by atoms with Crippen LogP contribution in [0.5, 0.6) is 0 Å². The molecule has 1 fully saturated rings. The summed E-state index contributed by atoms with van der Waals surface area (Å²) in [7, 11) is 1.85. The fourth-order valence-electron chi connectivity index (χ4n) is 2.21. The molecule has 4 heteroatoms. The number of rotatable bonds is 6. The highest BCUT2D eigenvalue weighted by atomic mass is 16.5. The van der Waals surface area contributed by atoms with Gasteiger partial charge in [-0.05, 0) is 25.7 Å². The third kappa shape index (κ3) is 5.50. The molecule has 0 saturated carbocycles. The predicted molar refractivity (Wildman–Crippen MR) is 68.7 cm³/mol. The van der Waals surface area contributed by atoms with Crippen LogP contribution in [0, 0.1) is 0 Å². The standard InChI is InChI=1S/C13H26N2O2/c1-3-6-11(14)9-13(16)15(2)10-12-7-4-5-8-17-12/h11-12H,3-10,14H2,1-2H3. The van der Waals surface area contributed by atoms with E-state index >= 15 is 0 Å². The van der Waals surface area contributed by atoms with Gasteiger partial charge in [-0.3, -0.25) is 4.79 Å². The number of hydrogen-bond acceptors (Lipinski definition) is 3. The van der Waals surface area contributed by atoms with Crippen molar-refractivity contribution in [3.63, 3.8) is 0 Å². The second kappa shape index (κ2) is 7.67. The smallest absolute Gasteiger partial charge is 0.223 e. The molecule has 100 valence electrons. The second-order valence-corrected chi connectivity index (χ2v) is 5.02. The molecule has 0 aromatic rings. The van der Waals surface area contributed by atoms with Crippen molar-refractivity contribution in [1.29, 1.82) is 0 Å². The van der Waals surface area contributed by atoms with Crippen LogP contribution in [-0.2, 0) is 9.53 Å². The largest absolute Gasteiger partial charge is 0.376 e. The lowest BCUT2D eigenvalue weighted by atomic mass is 10.1. The summed E-state index contributed by atoms with van der Waals surface area (Å²) in [5.41, 5.74) is 5.88. The maximum absolute atomic E-state index is 11.9. The van der Waals surface area contributed by atoms with Crippen LogP contribution in [-0.4, -0.2) is 43.2 Å². The van der Waals surface area contributed by atoms with E-state index in [2.05, 4.69) is 6.92 Å². The maximum Gasteiger partial charge on any atom is 0.223 e. The minimum atomic E-state index is 0.00206. The highest BCUT2D eigenvalue weighted by Crippen LogP contribution is 2.14. The van der Waals surface area contributed by atoms with Crippen molar-refractivity contribution in [2.75, 3.05) is 20.2 Å². The van der Waals surface area contributed by atoms with Crippen molar-refractivity contribution < 1.29 is 9.53 Å². The van der Waals surface area contributed by atoms with Gasteiger partial charge < -0.3 is 15.4 Å². The lowest BCUT2D eigenvalue weighted by molar-refractivity contribution is -0.132. The van der Waals surface area contributed by atoms with Crippen LogP contribution in [0.25, 0.3) is 0 Å². The summed E-state index contributed by atoms with van der Waals surface area (Å²) in [5, 5.41) is 0. The first kappa shape index (κ1) is 14.5. The van der Waals surface area contributed by atoms with Crippen molar-refractivity contribution in [3.05, 3.63) is 0 Å². The first-order valence-electron chi connectivity index (χ1n) is 6.74. The molecule has 0 radical (unpaired) electrons. The van der Waals surface area contributed by atoms with E-state index in [-0.39, 0.29) is 18.1 Å². The van der Waals surface area contributed by atoms with Gasteiger partial charge in [0.05, 0.1) is 6.10 Å². The van der Waals surface area contributed by atoms with E-state index in [4.69, 9.17) is 10.5 Å². The minimum absolute atomic E-state index is 0.00206. The van der Waals surface area contributed by atoms with Gasteiger partial charge >= 0.3 is 0 Å². The first-order valence-corrected chi connectivity index (χ1v) is 6.74. The number of carbonyl (C=O) groups is 1. The minimum Gasteiger partial charge on any atom is -0.376 e. The van der Waals surface area contributed by atoms with Crippen molar-refractivity contribution in [2.45, 2.75) is 57.6 Å². The molecule has 0 aliphatic carbocycles. The Hall–Kier alpha value is -0.610. The molecule has 1 saturated heterocycles. The zero-order valence-electron chi connectivity index (χ0n) is 11.2. The zero-order valence-corrected chi connectivity index (χ0v) is 11.2. The Bertz CT molecular complexity index is 227. The Morgan fingerprint density at radius 3 is 2.88 bits per heavy atom. The summed E-state index contributed by atoms with van der Waals surface area (Å²) in [6.07, 6.45) is 6.05. The number of amides is 1. The number of carbonyl (C=O) groups excluding carboxylic acids is 1. The van der Waals surface area contributed by atoms with Crippen molar-refractivity contribution in [3.8, 4) is 0 Å². The van der Waals surface area contributed by atoms with E-state index in [1.807, 2.05) is 7.05 Å². The molecule has 2 unspecified atom stereocenters. The van der Waals surface area contributed by atoms with Gasteiger partial charge in [0.1, 0.15) is 0 Å². The first-order chi connectivity index (χ1) is 8.13. The van der Waals surface area contributed by atoms with Crippen LogP contribution in [0.3, 0.4) is 0 Å². The predicted octanol–water partition coefficient (Wildman–Crippen LogP) is 1.53. The van der Waals surface area contributed by atoms with E-state index in [1.165, 1.54) is 6.42 Å². The van der Waals surface area contributed by atoms with Gasteiger partial charge in [-0.2, -0.15) is 0 Å². The molecule has 1 rings (SSSR count). The Morgan fingerprint density at radius 1 is 1.53 bits per heavy atom. The van der Waals surface area contributed by atoms with Crippen LogP contribution < -0.4 is 5.73 Å². The van der Waals surface area contributed by atoms with Crippen molar-refractivity contribution in [2.24, 2.45) is 5.73 Å². The lowest BCUT2D eigenvalue weighted by Gasteiger charge is -2.28. The third-order valence-electron chi connectivity index (χ3n) is 3.27. The zero-order chi connectivity index (χ0) is 12.7. The normalized spacial score (nSPS) is 22.2. The van der Waals surface area contributed by atoms with Crippen LogP contribution >= 0.6 is 0 Å². The molecule has 2 atom stereocenters. The molecule has 17 heavy (non-hydrogen) atoms. The molecular weight excluding hydrogens is 216 g/mol. The second-order valence-electron chi connectivity index (χ2n) is 5.02. The molecule has 0 spiro atoms. The summed E-state index contributed by atoms with van der Waals surface area (Å²) in [6, 6.07) is 0.00206. The maximum atomic E-state index is 11.9. The van der Waals surface area contributed by atoms with E-state index in [9.17, 15) is 4.79 Å². The summed E-state index contributed by atoms with van der Waals surface area (Å²) >= 11 is 0. The van der Waals surface area contributed by atoms with Gasteiger partial charge in [-0.1, -0.05) is 13.3 Å². The number of nitrogens with two attached hydrogens (primary N) is 1. The van der Waals surface area contributed by atoms with Gasteiger partial charge in [0, 0.05) is 32.7 Å². The number of nitrogens with zero attached hydrogens (tertiary/aromatic N) is 1. The highest BCUT2D eigenvalue weighted by Gasteiger charge is 2.19. The third-order valence-corrected chi connectivity index (χ3v) is 3.27. The van der Waals surface area contributed by atoms with E-state index in [0.717, 1.165) is 32.3 Å². The quantitative estimate of drug-likeness (QED) is 0.768. The van der Waals surface area contributed by atoms with Crippen LogP contribution in [0.1, 0.15) is 45.4 Å². The van der Waals surface area contributed by atoms with Gasteiger partial charge in [-0.15, -0.1) is 0 Å². The molecule has 2 N–H and O–H groups in total. The molecule has 1 heterocycles.